The van der Waals surface area contributed by atoms with Crippen molar-refractivity contribution in [2.24, 2.45) is 11.8 Å². The molecule has 0 fully saturated rings. The van der Waals surface area contributed by atoms with E-state index in [0.717, 1.165) is 12.3 Å². The van der Waals surface area contributed by atoms with Crippen LogP contribution in [-0.4, -0.2) is 5.25 Å². The first-order valence-corrected chi connectivity index (χ1v) is 5.11. The molecular weight excluding hydrogens is 159 g/mol. The summed E-state index contributed by atoms with van der Waals surface area (Å²) in [4.78, 5) is 0. The van der Waals surface area contributed by atoms with Gasteiger partial charge in [0.15, 0.2) is 0 Å². The van der Waals surface area contributed by atoms with Crippen molar-refractivity contribution in [3.8, 4) is 0 Å². The molecule has 0 aliphatic rings. The first-order valence-electron chi connectivity index (χ1n) is 4.33. The van der Waals surface area contributed by atoms with Crippen LogP contribution in [0.15, 0.2) is 0 Å². The average Bonchev–Trinajstić information content (AvgIpc) is 1.85. The van der Waals surface area contributed by atoms with E-state index in [1.165, 1.54) is 6.42 Å². The summed E-state index contributed by atoms with van der Waals surface area (Å²) in [6, 6.07) is 0. The lowest BCUT2D eigenvalue weighted by Crippen LogP contribution is -2.06. The second kappa shape index (κ2) is 5.87. The van der Waals surface area contributed by atoms with Gasteiger partial charge in [-0.15, -0.1) is 0 Å². The zero-order valence-corrected chi connectivity index (χ0v) is 8.75. The zero-order valence-electron chi connectivity index (χ0n) is 7.93. The van der Waals surface area contributed by atoms with Gasteiger partial charge in [0.25, 0.3) is 0 Å². The lowest BCUT2D eigenvalue weighted by Gasteiger charge is -2.15. The maximum absolute atomic E-state index is 12.0. The van der Waals surface area contributed by atoms with Gasteiger partial charge in [-0.05, 0) is 24.7 Å². The molecule has 0 unspecified atom stereocenters. The van der Waals surface area contributed by atoms with Gasteiger partial charge < -0.3 is 0 Å². The summed E-state index contributed by atoms with van der Waals surface area (Å²) >= 11 is 0.480. The molecule has 68 valence electrons. The van der Waals surface area contributed by atoms with Crippen LogP contribution >= 0.6 is 12.1 Å². The second-order valence-corrected chi connectivity index (χ2v) is 4.85. The molecule has 0 amide bonds. The Balaban J connectivity index is 3.43. The molecule has 0 aromatic heterocycles. The molecule has 0 aromatic rings. The minimum absolute atomic E-state index is 0.170. The minimum Gasteiger partial charge on any atom is -0.165 e. The predicted octanol–water partition coefficient (Wildman–Crippen LogP) is 4.06. The Bertz CT molecular complexity index is 93.6. The van der Waals surface area contributed by atoms with Gasteiger partial charge in [0.1, 0.15) is 0 Å². The third-order valence-electron chi connectivity index (χ3n) is 1.76. The fourth-order valence-corrected chi connectivity index (χ4v) is 1.91. The van der Waals surface area contributed by atoms with Gasteiger partial charge in [-0.2, -0.15) is 3.89 Å². The Morgan fingerprint density at radius 2 is 1.64 bits per heavy atom. The Morgan fingerprint density at radius 1 is 1.09 bits per heavy atom. The van der Waals surface area contributed by atoms with Crippen molar-refractivity contribution >= 4 is 12.1 Å². The summed E-state index contributed by atoms with van der Waals surface area (Å²) in [6.07, 6.45) is 2.21. The van der Waals surface area contributed by atoms with Crippen LogP contribution in [0.25, 0.3) is 0 Å². The van der Waals surface area contributed by atoms with Crippen LogP contribution in [0.1, 0.15) is 40.5 Å². The molecule has 0 saturated heterocycles. The van der Waals surface area contributed by atoms with Crippen molar-refractivity contribution in [2.75, 3.05) is 0 Å². The lowest BCUT2D eigenvalue weighted by atomic mass is 9.95. The molecule has 2 atom stereocenters. The van der Waals surface area contributed by atoms with Crippen molar-refractivity contribution in [1.82, 2.24) is 0 Å². The van der Waals surface area contributed by atoms with E-state index in [4.69, 9.17) is 0 Å². The molecule has 0 N–H and O–H groups in total. The molecule has 2 heteroatoms. The Morgan fingerprint density at radius 3 is 2.00 bits per heavy atom. The Hall–Kier alpha value is 0.280. The summed E-state index contributed by atoms with van der Waals surface area (Å²) in [6.45, 7) is 8.57. The minimum atomic E-state index is 0.170. The van der Waals surface area contributed by atoms with E-state index < -0.39 is 0 Å². The second-order valence-electron chi connectivity index (χ2n) is 3.87. The number of hydrogen-bond acceptors (Lipinski definition) is 1. The van der Waals surface area contributed by atoms with Crippen molar-refractivity contribution in [3.63, 3.8) is 0 Å². The van der Waals surface area contributed by atoms with Gasteiger partial charge in [0.2, 0.25) is 0 Å². The molecule has 0 aliphatic carbocycles. The summed E-state index contributed by atoms with van der Waals surface area (Å²) < 4.78 is 12.0. The van der Waals surface area contributed by atoms with Crippen molar-refractivity contribution in [1.29, 1.82) is 0 Å². The first-order chi connectivity index (χ1) is 5.06. The van der Waals surface area contributed by atoms with Gasteiger partial charge in [-0.3, -0.25) is 0 Å². The highest BCUT2D eigenvalue weighted by molar-refractivity contribution is 7.94. The van der Waals surface area contributed by atoms with Crippen LogP contribution in [0.4, 0.5) is 3.89 Å². The molecule has 0 radical (unpaired) electrons. The maximum atomic E-state index is 12.0. The van der Waals surface area contributed by atoms with E-state index in [1.807, 2.05) is 6.92 Å². The first kappa shape index (κ1) is 11.3. The monoisotopic (exact) mass is 178 g/mol. The molecule has 0 aliphatic heterocycles. The van der Waals surface area contributed by atoms with Crippen LogP contribution in [0.3, 0.4) is 0 Å². The summed E-state index contributed by atoms with van der Waals surface area (Å²) in [5.74, 6) is 1.40. The van der Waals surface area contributed by atoms with Crippen LogP contribution in [0.5, 0.6) is 0 Å². The zero-order chi connectivity index (χ0) is 8.85. The van der Waals surface area contributed by atoms with E-state index >= 15 is 0 Å². The quantitative estimate of drug-likeness (QED) is 0.611. The molecule has 0 rings (SSSR count). The van der Waals surface area contributed by atoms with Gasteiger partial charge in [-0.25, -0.2) is 0 Å². The Kier molecular flexibility index (Phi) is 6.02. The van der Waals surface area contributed by atoms with Crippen LogP contribution in [0, 0.1) is 11.8 Å². The predicted molar refractivity (Wildman–Crippen MR) is 51.4 cm³/mol. The fraction of sp³-hybridized carbons (Fsp3) is 1.00. The third-order valence-corrected chi connectivity index (χ3v) is 2.26. The largest absolute Gasteiger partial charge is 0.165 e. The van der Waals surface area contributed by atoms with Gasteiger partial charge in [0, 0.05) is 17.4 Å². The molecule has 0 nitrogen and oxygen atoms in total. The third kappa shape index (κ3) is 6.67. The SMILES string of the molecule is CC(C)C[C@H](C)C[C@@H](C)SF. The summed E-state index contributed by atoms with van der Waals surface area (Å²) in [5, 5.41) is 0.170. The summed E-state index contributed by atoms with van der Waals surface area (Å²) in [5.41, 5.74) is 0. The Labute approximate surface area is 74.2 Å². The standard InChI is InChI=1S/C9H19FS/c1-7(2)5-8(3)6-9(4)11-10/h7-9H,5-6H2,1-4H3/t8-,9+/m0/s1. The highest BCUT2D eigenvalue weighted by Crippen LogP contribution is 2.23. The topological polar surface area (TPSA) is 0 Å². The van der Waals surface area contributed by atoms with Crippen LogP contribution < -0.4 is 0 Å². The van der Waals surface area contributed by atoms with E-state index in [0.29, 0.717) is 18.1 Å². The lowest BCUT2D eigenvalue weighted by molar-refractivity contribution is 0.414. The molecule has 0 aromatic carbocycles. The van der Waals surface area contributed by atoms with Gasteiger partial charge in [-0.1, -0.05) is 27.7 Å². The van der Waals surface area contributed by atoms with E-state index in [-0.39, 0.29) is 5.25 Å². The smallest absolute Gasteiger partial charge is 0.0474 e. The number of hydrogen-bond donors (Lipinski definition) is 0. The molecular formula is C9H19FS. The van der Waals surface area contributed by atoms with Gasteiger partial charge in [0.05, 0.1) is 0 Å². The highest BCUT2D eigenvalue weighted by Gasteiger charge is 2.10. The average molecular weight is 178 g/mol. The van der Waals surface area contributed by atoms with E-state index in [1.54, 1.807) is 0 Å². The van der Waals surface area contributed by atoms with Crippen LogP contribution in [-0.2, 0) is 0 Å². The van der Waals surface area contributed by atoms with Crippen molar-refractivity contribution < 1.29 is 3.89 Å². The maximum Gasteiger partial charge on any atom is 0.0474 e. The van der Waals surface area contributed by atoms with E-state index in [2.05, 4.69) is 20.8 Å². The molecule has 0 bridgehead atoms. The van der Waals surface area contributed by atoms with Crippen molar-refractivity contribution in [2.45, 2.75) is 45.8 Å². The van der Waals surface area contributed by atoms with Crippen LogP contribution in [0.2, 0.25) is 0 Å². The van der Waals surface area contributed by atoms with Gasteiger partial charge >= 0.3 is 0 Å². The molecule has 11 heavy (non-hydrogen) atoms. The fourth-order valence-electron chi connectivity index (χ4n) is 1.50. The molecule has 0 heterocycles. The normalized spacial score (nSPS) is 16.9. The summed E-state index contributed by atoms with van der Waals surface area (Å²) in [7, 11) is 0. The van der Waals surface area contributed by atoms with Crippen molar-refractivity contribution in [3.05, 3.63) is 0 Å². The molecule has 0 spiro atoms. The highest BCUT2D eigenvalue weighted by atomic mass is 32.2. The van der Waals surface area contributed by atoms with E-state index in [9.17, 15) is 3.89 Å². The number of rotatable bonds is 5. The molecule has 0 saturated carbocycles. The number of halogens is 1.